The Hall–Kier alpha value is -2.33. The van der Waals surface area contributed by atoms with Crippen molar-refractivity contribution in [2.45, 2.75) is 108 Å². The van der Waals surface area contributed by atoms with Crippen LogP contribution in [-0.2, 0) is 21.8 Å². The Labute approximate surface area is 231 Å². The lowest BCUT2D eigenvalue weighted by Gasteiger charge is -2.33. The quantitative estimate of drug-likeness (QED) is 0.0932. The summed E-state index contributed by atoms with van der Waals surface area (Å²) < 4.78 is 105. The summed E-state index contributed by atoms with van der Waals surface area (Å²) >= 11 is 0. The van der Waals surface area contributed by atoms with Gasteiger partial charge in [-0.2, -0.15) is 17.6 Å². The van der Waals surface area contributed by atoms with Crippen LogP contribution in [0.1, 0.15) is 82.8 Å². The third-order valence-corrected chi connectivity index (χ3v) is 7.58. The van der Waals surface area contributed by atoms with Crippen LogP contribution in [0.3, 0.4) is 0 Å². The number of epoxide rings is 1. The van der Waals surface area contributed by atoms with Crippen molar-refractivity contribution in [3.05, 3.63) is 46.9 Å². The van der Waals surface area contributed by atoms with Gasteiger partial charge in [-0.25, -0.2) is 13.8 Å². The maximum atomic E-state index is 15.2. The van der Waals surface area contributed by atoms with E-state index in [1.807, 2.05) is 6.92 Å². The third kappa shape index (κ3) is 7.11. The van der Waals surface area contributed by atoms with Crippen LogP contribution < -0.4 is 4.74 Å². The minimum Gasteiger partial charge on any atom is -0.488 e. The fraction of sp³-hybridized carbons (Fsp3) is 0.633. The lowest BCUT2D eigenvalue weighted by molar-refractivity contribution is -0.160. The van der Waals surface area contributed by atoms with Gasteiger partial charge in [0.25, 0.3) is 0 Å². The molecule has 0 amide bonds. The Morgan fingerprint density at radius 3 is 2.55 bits per heavy atom. The van der Waals surface area contributed by atoms with Crippen molar-refractivity contribution in [3.63, 3.8) is 0 Å². The van der Waals surface area contributed by atoms with E-state index in [-0.39, 0.29) is 60.6 Å². The van der Waals surface area contributed by atoms with Crippen LogP contribution in [0.15, 0.2) is 18.2 Å². The molecule has 222 valence electrons. The summed E-state index contributed by atoms with van der Waals surface area (Å²) in [4.78, 5) is 3.55. The Morgan fingerprint density at radius 1 is 1.02 bits per heavy atom. The van der Waals surface area contributed by atoms with Crippen molar-refractivity contribution in [1.82, 2.24) is 4.98 Å². The van der Waals surface area contributed by atoms with Gasteiger partial charge in [-0.15, -0.1) is 0 Å². The summed E-state index contributed by atoms with van der Waals surface area (Å²) in [7, 11) is 0. The predicted octanol–water partition coefficient (Wildman–Crippen LogP) is 8.23. The second kappa shape index (κ2) is 13.6. The van der Waals surface area contributed by atoms with Gasteiger partial charge in [0.1, 0.15) is 25.0 Å². The molecule has 4 nitrogen and oxygen atoms in total. The highest BCUT2D eigenvalue weighted by Crippen LogP contribution is 2.44. The first-order valence-corrected chi connectivity index (χ1v) is 14.3. The second-order valence-corrected chi connectivity index (χ2v) is 10.7. The van der Waals surface area contributed by atoms with E-state index in [0.717, 1.165) is 44.6 Å². The predicted molar refractivity (Wildman–Crippen MR) is 139 cm³/mol. The van der Waals surface area contributed by atoms with Crippen molar-refractivity contribution >= 4 is 0 Å². The van der Waals surface area contributed by atoms with E-state index in [4.69, 9.17) is 14.2 Å². The number of aryl methyl sites for hydroxylation is 1. The first-order chi connectivity index (χ1) is 19.2. The van der Waals surface area contributed by atoms with Crippen LogP contribution in [-0.4, -0.2) is 42.7 Å². The van der Waals surface area contributed by atoms with Crippen LogP contribution in [0.25, 0.3) is 11.3 Å². The molecule has 1 aromatic heterocycles. The Morgan fingerprint density at radius 2 is 1.80 bits per heavy atom. The number of halogens is 6. The summed E-state index contributed by atoms with van der Waals surface area (Å²) in [5, 5.41) is 0. The fourth-order valence-electron chi connectivity index (χ4n) is 5.16. The lowest BCUT2D eigenvalue weighted by Crippen LogP contribution is -2.40. The summed E-state index contributed by atoms with van der Waals surface area (Å²) in [6, 6.07) is 3.52. The number of alkyl halides is 3. The summed E-state index contributed by atoms with van der Waals surface area (Å²) in [6.45, 7) is 3.66. The zero-order chi connectivity index (χ0) is 28.9. The Balaban J connectivity index is 1.42. The molecule has 4 unspecified atom stereocenters. The maximum Gasteiger partial charge on any atom is 0.303 e. The molecular weight excluding hydrogens is 536 g/mol. The molecule has 1 aromatic carbocycles. The van der Waals surface area contributed by atoms with Crippen LogP contribution in [0.4, 0.5) is 26.3 Å². The van der Waals surface area contributed by atoms with Gasteiger partial charge in [-0.05, 0) is 49.4 Å². The number of nitrogens with zero attached hydrogens (tertiary/aromatic N) is 1. The third-order valence-electron chi connectivity index (χ3n) is 7.58. The number of hydrogen-bond donors (Lipinski definition) is 0. The molecule has 1 aliphatic heterocycles. The monoisotopic (exact) mass is 573 g/mol. The van der Waals surface area contributed by atoms with Crippen LogP contribution in [0.2, 0.25) is 0 Å². The van der Waals surface area contributed by atoms with Gasteiger partial charge in [0.2, 0.25) is 11.8 Å². The van der Waals surface area contributed by atoms with E-state index in [1.165, 1.54) is 12.1 Å². The topological polar surface area (TPSA) is 43.9 Å². The molecule has 2 aliphatic rings. The van der Waals surface area contributed by atoms with Crippen LogP contribution in [0, 0.1) is 17.6 Å². The molecule has 4 atom stereocenters. The van der Waals surface area contributed by atoms with Gasteiger partial charge in [-0.1, -0.05) is 52.4 Å². The lowest BCUT2D eigenvalue weighted by atomic mass is 9.86. The molecule has 1 aliphatic carbocycles. The largest absolute Gasteiger partial charge is 0.488 e. The highest BCUT2D eigenvalue weighted by atomic mass is 19.3. The van der Waals surface area contributed by atoms with Crippen molar-refractivity contribution in [3.8, 4) is 17.0 Å². The van der Waals surface area contributed by atoms with Crippen molar-refractivity contribution in [2.75, 3.05) is 13.2 Å². The zero-order valence-electron chi connectivity index (χ0n) is 23.0. The fourth-order valence-corrected chi connectivity index (χ4v) is 5.16. The van der Waals surface area contributed by atoms with Gasteiger partial charge in [0, 0.05) is 5.56 Å². The molecule has 0 spiro atoms. The zero-order valence-corrected chi connectivity index (χ0v) is 23.0. The van der Waals surface area contributed by atoms with Gasteiger partial charge < -0.3 is 14.2 Å². The average molecular weight is 574 g/mol. The number of benzene rings is 1. The molecule has 0 bridgehead atoms. The normalized spacial score (nSPS) is 22.1. The van der Waals surface area contributed by atoms with E-state index in [0.29, 0.717) is 6.42 Å². The van der Waals surface area contributed by atoms with Gasteiger partial charge in [0.15, 0.2) is 11.6 Å². The molecule has 0 radical (unpaired) electrons. The second-order valence-electron chi connectivity index (χ2n) is 10.7. The highest BCUT2D eigenvalue weighted by molar-refractivity contribution is 5.63. The molecule has 40 heavy (non-hydrogen) atoms. The number of pyridine rings is 1. The van der Waals surface area contributed by atoms with E-state index in [9.17, 15) is 13.2 Å². The Bertz CT molecular complexity index is 1150. The van der Waals surface area contributed by atoms with E-state index < -0.39 is 48.0 Å². The molecule has 1 fully saturated rings. The average Bonchev–Trinajstić information content (AvgIpc) is 3.67. The SMILES string of the molecule is CCCCCCC(F)COC1CCc2cc(-c3ccc(OCC4OC4CCCC)c(F)c3F)nc(F)c2C1(F)F. The number of fused-ring (bicyclic) bond motifs is 1. The van der Waals surface area contributed by atoms with E-state index >= 15 is 13.2 Å². The Kier molecular flexibility index (Phi) is 10.4. The summed E-state index contributed by atoms with van der Waals surface area (Å²) in [5.41, 5.74) is -1.71. The number of ether oxygens (including phenoxy) is 3. The minimum absolute atomic E-state index is 0.0125. The molecule has 2 aromatic rings. The summed E-state index contributed by atoms with van der Waals surface area (Å²) in [6.07, 6.45) is 3.17. The van der Waals surface area contributed by atoms with E-state index in [2.05, 4.69) is 11.9 Å². The van der Waals surface area contributed by atoms with Crippen LogP contribution >= 0.6 is 0 Å². The van der Waals surface area contributed by atoms with Gasteiger partial charge in [0.05, 0.1) is 24.0 Å². The standard InChI is InChI=1S/C30H37F6NO3/c1-3-5-7-8-9-19(31)16-39-25-14-11-18-15-21(37-29(34)26(18)30(25,35)36)20-12-13-23(28(33)27(20)32)38-17-24-22(40-24)10-6-4-2/h12-13,15,19,22,24-25H,3-11,14,16-17H2,1-2H3. The molecule has 10 heteroatoms. The number of unbranched alkanes of at least 4 members (excludes halogenated alkanes) is 4. The van der Waals surface area contributed by atoms with Crippen molar-refractivity contribution in [1.29, 1.82) is 0 Å². The van der Waals surface area contributed by atoms with Crippen molar-refractivity contribution in [2.24, 2.45) is 0 Å². The minimum atomic E-state index is -3.76. The first kappa shape index (κ1) is 30.6. The number of aromatic nitrogens is 1. The van der Waals surface area contributed by atoms with E-state index in [1.54, 1.807) is 0 Å². The molecule has 4 rings (SSSR count). The molecular formula is C30H37F6NO3. The molecule has 0 N–H and O–H groups in total. The van der Waals surface area contributed by atoms with Gasteiger partial charge in [-0.3, -0.25) is 0 Å². The first-order valence-electron chi connectivity index (χ1n) is 14.3. The smallest absolute Gasteiger partial charge is 0.303 e. The maximum absolute atomic E-state index is 15.2. The highest BCUT2D eigenvalue weighted by Gasteiger charge is 2.49. The number of hydrogen-bond acceptors (Lipinski definition) is 4. The molecule has 0 saturated carbocycles. The molecule has 2 heterocycles. The van der Waals surface area contributed by atoms with Gasteiger partial charge >= 0.3 is 5.92 Å². The van der Waals surface area contributed by atoms with Crippen LogP contribution in [0.5, 0.6) is 5.75 Å². The number of rotatable bonds is 15. The summed E-state index contributed by atoms with van der Waals surface area (Å²) in [5.74, 6) is -8.18. The van der Waals surface area contributed by atoms with Crippen molar-refractivity contribution < 1.29 is 40.6 Å². The molecule has 1 saturated heterocycles.